The second-order valence-corrected chi connectivity index (χ2v) is 7.39. The van der Waals surface area contributed by atoms with Gasteiger partial charge in [-0.2, -0.15) is 0 Å². The van der Waals surface area contributed by atoms with E-state index in [1.54, 1.807) is 0 Å². The van der Waals surface area contributed by atoms with Gasteiger partial charge in [0.15, 0.2) is 0 Å². The second-order valence-electron chi connectivity index (χ2n) is 7.39. The van der Waals surface area contributed by atoms with Gasteiger partial charge >= 0.3 is 6.09 Å². The minimum Gasteiger partial charge on any atom is -0.449 e. The maximum Gasteiger partial charge on any atom is 0.407 e. The standard InChI is InChI=1S/C26H26N2O2/c27-17-20-14-12-19(13-15-20)7-5-6-16-28-26(29)30-18-25-23-10-3-1-8-21(23)22-9-2-4-11-24(22)25/h1-5,7-15,25H,6,16-18,27H2,(H,28,29). The fourth-order valence-corrected chi connectivity index (χ4v) is 3.89. The van der Waals surface area contributed by atoms with Gasteiger partial charge in [-0.25, -0.2) is 4.79 Å². The van der Waals surface area contributed by atoms with Crippen molar-refractivity contribution < 1.29 is 9.53 Å². The van der Waals surface area contributed by atoms with E-state index in [1.807, 2.05) is 60.7 Å². The quantitative estimate of drug-likeness (QED) is 0.545. The molecule has 0 bridgehead atoms. The number of benzene rings is 3. The Labute approximate surface area is 177 Å². The number of alkyl carbamates (subject to hydrolysis) is 1. The molecular formula is C26H26N2O2. The van der Waals surface area contributed by atoms with Gasteiger partial charge < -0.3 is 15.8 Å². The summed E-state index contributed by atoms with van der Waals surface area (Å²) in [7, 11) is 0. The number of hydrogen-bond acceptors (Lipinski definition) is 3. The van der Waals surface area contributed by atoms with Crippen LogP contribution in [0.2, 0.25) is 0 Å². The van der Waals surface area contributed by atoms with Gasteiger partial charge in [-0.15, -0.1) is 0 Å². The van der Waals surface area contributed by atoms with Crippen LogP contribution in [-0.4, -0.2) is 19.2 Å². The fraction of sp³-hybridized carbons (Fsp3) is 0.192. The third-order valence-electron chi connectivity index (χ3n) is 5.45. The Bertz CT molecular complexity index is 995. The normalized spacial score (nSPS) is 12.6. The lowest BCUT2D eigenvalue weighted by atomic mass is 9.98. The molecule has 1 amide bonds. The molecule has 3 aromatic rings. The molecule has 0 fully saturated rings. The average Bonchev–Trinajstić information content (AvgIpc) is 3.12. The molecule has 152 valence electrons. The molecule has 3 N–H and O–H groups in total. The molecule has 3 aromatic carbocycles. The lowest BCUT2D eigenvalue weighted by Crippen LogP contribution is -2.26. The topological polar surface area (TPSA) is 64.3 Å². The van der Waals surface area contributed by atoms with Crippen LogP contribution < -0.4 is 11.1 Å². The largest absolute Gasteiger partial charge is 0.449 e. The van der Waals surface area contributed by atoms with E-state index in [1.165, 1.54) is 22.3 Å². The van der Waals surface area contributed by atoms with E-state index in [0.29, 0.717) is 19.7 Å². The van der Waals surface area contributed by atoms with Crippen molar-refractivity contribution in [2.75, 3.05) is 13.2 Å². The van der Waals surface area contributed by atoms with Crippen molar-refractivity contribution in [2.45, 2.75) is 18.9 Å². The van der Waals surface area contributed by atoms with E-state index >= 15 is 0 Å². The SMILES string of the molecule is NCc1ccc(C=CCCNC(=O)OCC2c3ccccc3-c3ccccc32)cc1. The first kappa shape index (κ1) is 19.9. The Morgan fingerprint density at radius 1 is 0.933 bits per heavy atom. The van der Waals surface area contributed by atoms with Crippen molar-refractivity contribution in [2.24, 2.45) is 5.73 Å². The first-order valence-corrected chi connectivity index (χ1v) is 10.3. The van der Waals surface area contributed by atoms with Gasteiger partial charge in [-0.1, -0.05) is 84.9 Å². The number of rotatable bonds is 7. The van der Waals surface area contributed by atoms with Crippen LogP contribution in [-0.2, 0) is 11.3 Å². The van der Waals surface area contributed by atoms with E-state index in [9.17, 15) is 4.79 Å². The fourth-order valence-electron chi connectivity index (χ4n) is 3.89. The average molecular weight is 399 g/mol. The van der Waals surface area contributed by atoms with Crippen molar-refractivity contribution >= 4 is 12.2 Å². The van der Waals surface area contributed by atoms with Gasteiger partial charge in [-0.05, 0) is 39.8 Å². The zero-order chi connectivity index (χ0) is 20.8. The van der Waals surface area contributed by atoms with Crippen LogP contribution in [0.25, 0.3) is 17.2 Å². The molecule has 0 saturated carbocycles. The van der Waals surface area contributed by atoms with Gasteiger partial charge in [-0.3, -0.25) is 0 Å². The molecule has 0 heterocycles. The highest BCUT2D eigenvalue weighted by Gasteiger charge is 2.28. The lowest BCUT2D eigenvalue weighted by molar-refractivity contribution is 0.143. The van der Waals surface area contributed by atoms with Gasteiger partial charge in [0.05, 0.1) is 0 Å². The summed E-state index contributed by atoms with van der Waals surface area (Å²) in [6.07, 6.45) is 4.45. The summed E-state index contributed by atoms with van der Waals surface area (Å²) in [4.78, 5) is 12.2. The number of carbonyl (C=O) groups excluding carboxylic acids is 1. The van der Waals surface area contributed by atoms with E-state index in [-0.39, 0.29) is 12.0 Å². The van der Waals surface area contributed by atoms with Crippen LogP contribution in [0, 0.1) is 0 Å². The van der Waals surface area contributed by atoms with Crippen LogP contribution >= 0.6 is 0 Å². The molecule has 0 saturated heterocycles. The van der Waals surface area contributed by atoms with Crippen LogP contribution in [0.5, 0.6) is 0 Å². The zero-order valence-electron chi connectivity index (χ0n) is 16.9. The molecule has 0 unspecified atom stereocenters. The maximum absolute atomic E-state index is 12.2. The first-order valence-electron chi connectivity index (χ1n) is 10.3. The van der Waals surface area contributed by atoms with Crippen molar-refractivity contribution in [1.29, 1.82) is 0 Å². The van der Waals surface area contributed by atoms with Crippen LogP contribution in [0.1, 0.15) is 34.6 Å². The third kappa shape index (κ3) is 4.44. The highest BCUT2D eigenvalue weighted by molar-refractivity contribution is 5.79. The molecule has 0 aliphatic heterocycles. The highest BCUT2D eigenvalue weighted by Crippen LogP contribution is 2.44. The van der Waals surface area contributed by atoms with Crippen LogP contribution in [0.15, 0.2) is 78.9 Å². The highest BCUT2D eigenvalue weighted by atomic mass is 16.5. The third-order valence-corrected chi connectivity index (χ3v) is 5.45. The molecule has 0 aromatic heterocycles. The Morgan fingerprint density at radius 3 is 2.20 bits per heavy atom. The molecule has 1 aliphatic carbocycles. The number of hydrogen-bond donors (Lipinski definition) is 2. The molecular weight excluding hydrogens is 372 g/mol. The minimum absolute atomic E-state index is 0.0829. The van der Waals surface area contributed by atoms with Crippen LogP contribution in [0.3, 0.4) is 0 Å². The molecule has 4 rings (SSSR count). The lowest BCUT2D eigenvalue weighted by Gasteiger charge is -2.14. The summed E-state index contributed by atoms with van der Waals surface area (Å²) < 4.78 is 5.54. The number of ether oxygens (including phenoxy) is 1. The van der Waals surface area contributed by atoms with E-state index in [0.717, 1.165) is 17.5 Å². The van der Waals surface area contributed by atoms with Gasteiger partial charge in [0.2, 0.25) is 0 Å². The summed E-state index contributed by atoms with van der Waals surface area (Å²) in [6.45, 7) is 1.42. The summed E-state index contributed by atoms with van der Waals surface area (Å²) in [5, 5.41) is 2.83. The summed E-state index contributed by atoms with van der Waals surface area (Å²) in [5.74, 6) is 0.0829. The molecule has 1 aliphatic rings. The molecule has 0 atom stereocenters. The second kappa shape index (κ2) is 9.42. The monoisotopic (exact) mass is 398 g/mol. The summed E-state index contributed by atoms with van der Waals surface area (Å²) in [6, 6.07) is 24.8. The Kier molecular flexibility index (Phi) is 6.26. The summed E-state index contributed by atoms with van der Waals surface area (Å²) >= 11 is 0. The van der Waals surface area contributed by atoms with Crippen molar-refractivity contribution in [3.8, 4) is 11.1 Å². The van der Waals surface area contributed by atoms with Gasteiger partial charge in [0.1, 0.15) is 6.61 Å². The zero-order valence-corrected chi connectivity index (χ0v) is 16.9. The van der Waals surface area contributed by atoms with E-state index in [2.05, 4.69) is 29.6 Å². The number of nitrogens with two attached hydrogens (primary N) is 1. The van der Waals surface area contributed by atoms with Crippen LogP contribution in [0.4, 0.5) is 4.79 Å². The molecule has 0 radical (unpaired) electrons. The molecule has 4 nitrogen and oxygen atoms in total. The van der Waals surface area contributed by atoms with Gasteiger partial charge in [0, 0.05) is 19.0 Å². The predicted molar refractivity (Wildman–Crippen MR) is 121 cm³/mol. The molecule has 30 heavy (non-hydrogen) atoms. The Hall–Kier alpha value is -3.37. The predicted octanol–water partition coefficient (Wildman–Crippen LogP) is 5.09. The van der Waals surface area contributed by atoms with Gasteiger partial charge in [0.25, 0.3) is 0 Å². The van der Waals surface area contributed by atoms with Crippen molar-refractivity contribution in [1.82, 2.24) is 5.32 Å². The number of nitrogens with one attached hydrogen (secondary N) is 1. The smallest absolute Gasteiger partial charge is 0.407 e. The number of carbonyl (C=O) groups is 1. The molecule has 4 heteroatoms. The number of amides is 1. The Balaban J connectivity index is 1.26. The Morgan fingerprint density at radius 2 is 1.57 bits per heavy atom. The first-order chi connectivity index (χ1) is 14.8. The summed E-state index contributed by atoms with van der Waals surface area (Å²) in [5.41, 5.74) is 12.7. The van der Waals surface area contributed by atoms with E-state index < -0.39 is 0 Å². The van der Waals surface area contributed by atoms with Crippen molar-refractivity contribution in [3.05, 3.63) is 101 Å². The molecule has 0 spiro atoms. The van der Waals surface area contributed by atoms with E-state index in [4.69, 9.17) is 10.5 Å². The number of fused-ring (bicyclic) bond motifs is 3. The maximum atomic E-state index is 12.2. The minimum atomic E-state index is -0.377. The van der Waals surface area contributed by atoms with Crippen molar-refractivity contribution in [3.63, 3.8) is 0 Å².